The van der Waals surface area contributed by atoms with Crippen molar-refractivity contribution in [2.45, 2.75) is 17.9 Å². The standard InChI is InChI=1S/C31H30ClN3O5S/c1-33-28-12-11-23(41(37,38)35-14-17-39-18-15-35)20-25(28)26(31(33)36)19-22-21-34(29-9-4-2-7-24(22)29)13-6-16-40-30-10-5-3-8-27(30)32/h2-5,7-12,19-21H,6,13-18H2,1H3. The van der Waals surface area contributed by atoms with E-state index in [2.05, 4.69) is 10.6 Å². The summed E-state index contributed by atoms with van der Waals surface area (Å²) in [5.74, 6) is 0.486. The van der Waals surface area contributed by atoms with Crippen LogP contribution in [0.2, 0.25) is 5.02 Å². The molecule has 0 saturated carbocycles. The Morgan fingerprint density at radius 2 is 1.78 bits per heavy atom. The number of hydrogen-bond donors (Lipinski definition) is 0. The maximum atomic E-state index is 13.4. The molecule has 1 amide bonds. The first-order chi connectivity index (χ1) is 19.8. The number of rotatable bonds is 8. The highest BCUT2D eigenvalue weighted by Gasteiger charge is 2.33. The smallest absolute Gasteiger partial charge is 0.258 e. The average Bonchev–Trinajstić information content (AvgIpc) is 3.46. The zero-order valence-corrected chi connectivity index (χ0v) is 24.2. The number of ether oxygens (including phenoxy) is 2. The van der Waals surface area contributed by atoms with Gasteiger partial charge in [-0.1, -0.05) is 41.9 Å². The van der Waals surface area contributed by atoms with Crippen molar-refractivity contribution in [3.63, 3.8) is 0 Å². The lowest BCUT2D eigenvalue weighted by Gasteiger charge is -2.26. The highest BCUT2D eigenvalue weighted by molar-refractivity contribution is 7.89. The Hall–Kier alpha value is -3.63. The third kappa shape index (κ3) is 5.26. The van der Waals surface area contributed by atoms with E-state index < -0.39 is 10.0 Å². The Morgan fingerprint density at radius 1 is 1.02 bits per heavy atom. The van der Waals surface area contributed by atoms with E-state index in [1.165, 1.54) is 4.31 Å². The molecular formula is C31H30ClN3O5S. The Kier molecular flexibility index (Phi) is 7.61. The van der Waals surface area contributed by atoms with Gasteiger partial charge in [-0.2, -0.15) is 4.31 Å². The van der Waals surface area contributed by atoms with E-state index in [9.17, 15) is 13.2 Å². The molecule has 8 nitrogen and oxygen atoms in total. The molecule has 6 rings (SSSR count). The van der Waals surface area contributed by atoms with Gasteiger partial charge in [0, 0.05) is 60.5 Å². The second-order valence-electron chi connectivity index (χ2n) is 10.0. The van der Waals surface area contributed by atoms with Crippen LogP contribution in [-0.2, 0) is 26.1 Å². The summed E-state index contributed by atoms with van der Waals surface area (Å²) < 4.78 is 41.5. The van der Waals surface area contributed by atoms with Crippen molar-refractivity contribution in [2.75, 3.05) is 44.9 Å². The summed E-state index contributed by atoms with van der Waals surface area (Å²) in [6.45, 7) is 2.57. The maximum absolute atomic E-state index is 13.4. The lowest BCUT2D eigenvalue weighted by Crippen LogP contribution is -2.40. The van der Waals surface area contributed by atoms with Crippen molar-refractivity contribution in [2.24, 2.45) is 0 Å². The molecule has 0 bridgehead atoms. The first-order valence-corrected chi connectivity index (χ1v) is 15.3. The average molecular weight is 592 g/mol. The third-order valence-corrected chi connectivity index (χ3v) is 9.73. The number of aromatic nitrogens is 1. The van der Waals surface area contributed by atoms with Crippen LogP contribution in [0.3, 0.4) is 0 Å². The second kappa shape index (κ2) is 11.3. The highest BCUT2D eigenvalue weighted by atomic mass is 35.5. The van der Waals surface area contributed by atoms with Gasteiger partial charge in [0.15, 0.2) is 0 Å². The predicted molar refractivity (Wildman–Crippen MR) is 161 cm³/mol. The number of amides is 1. The van der Waals surface area contributed by atoms with E-state index in [0.717, 1.165) is 22.9 Å². The Bertz CT molecular complexity index is 1760. The van der Waals surface area contributed by atoms with E-state index in [-0.39, 0.29) is 10.8 Å². The molecule has 212 valence electrons. The topological polar surface area (TPSA) is 81.1 Å². The minimum absolute atomic E-state index is 0.174. The first-order valence-electron chi connectivity index (χ1n) is 13.5. The number of para-hydroxylation sites is 2. The van der Waals surface area contributed by atoms with Crippen LogP contribution in [0.1, 0.15) is 17.5 Å². The molecule has 2 aliphatic heterocycles. The summed E-state index contributed by atoms with van der Waals surface area (Å²) in [6.07, 6.45) is 4.66. The van der Waals surface area contributed by atoms with Crippen molar-refractivity contribution in [1.82, 2.24) is 8.87 Å². The number of nitrogens with zero attached hydrogens (tertiary/aromatic N) is 3. The molecule has 0 spiro atoms. The second-order valence-corrected chi connectivity index (χ2v) is 12.4. The molecule has 0 atom stereocenters. The SMILES string of the molecule is CN1C(=O)C(=Cc2cn(CCCOc3ccccc3Cl)c3ccccc23)c2cc(S(=O)(=O)N3CCOCC3)ccc21. The van der Waals surface area contributed by atoms with E-state index in [4.69, 9.17) is 21.1 Å². The highest BCUT2D eigenvalue weighted by Crippen LogP contribution is 2.39. The molecule has 1 saturated heterocycles. The molecule has 2 aliphatic rings. The molecule has 4 aromatic rings. The summed E-state index contributed by atoms with van der Waals surface area (Å²) >= 11 is 6.21. The third-order valence-electron chi connectivity index (χ3n) is 7.52. The minimum atomic E-state index is -3.71. The first kappa shape index (κ1) is 27.5. The predicted octanol–water partition coefficient (Wildman–Crippen LogP) is 5.30. The van der Waals surface area contributed by atoms with Crippen LogP contribution >= 0.6 is 11.6 Å². The summed E-state index contributed by atoms with van der Waals surface area (Å²) in [7, 11) is -2.00. The number of fused-ring (bicyclic) bond motifs is 2. The molecular weight excluding hydrogens is 562 g/mol. The lowest BCUT2D eigenvalue weighted by atomic mass is 10.0. The van der Waals surface area contributed by atoms with Gasteiger partial charge in [0.05, 0.1) is 35.4 Å². The van der Waals surface area contributed by atoms with Gasteiger partial charge in [0.1, 0.15) is 5.75 Å². The summed E-state index contributed by atoms with van der Waals surface area (Å²) in [5, 5.41) is 1.59. The number of halogens is 1. The molecule has 1 fully saturated rings. The fourth-order valence-electron chi connectivity index (χ4n) is 5.37. The molecule has 3 aromatic carbocycles. The van der Waals surface area contributed by atoms with Crippen molar-refractivity contribution in [1.29, 1.82) is 0 Å². The van der Waals surface area contributed by atoms with Gasteiger partial charge in [0.2, 0.25) is 10.0 Å². The minimum Gasteiger partial charge on any atom is -0.492 e. The monoisotopic (exact) mass is 591 g/mol. The van der Waals surface area contributed by atoms with Crippen molar-refractivity contribution in [3.8, 4) is 5.75 Å². The quantitative estimate of drug-likeness (QED) is 0.205. The molecule has 0 radical (unpaired) electrons. The number of carbonyl (C=O) groups is 1. The number of sulfonamides is 1. The van der Waals surface area contributed by atoms with Crippen LogP contribution in [0.25, 0.3) is 22.6 Å². The Morgan fingerprint density at radius 3 is 2.59 bits per heavy atom. The number of anilines is 1. The van der Waals surface area contributed by atoms with Gasteiger partial charge in [-0.25, -0.2) is 8.42 Å². The molecule has 41 heavy (non-hydrogen) atoms. The zero-order chi connectivity index (χ0) is 28.6. The number of carbonyl (C=O) groups excluding carboxylic acids is 1. The van der Waals surface area contributed by atoms with Crippen molar-refractivity contribution < 1.29 is 22.7 Å². The van der Waals surface area contributed by atoms with Gasteiger partial charge < -0.3 is 18.9 Å². The van der Waals surface area contributed by atoms with Gasteiger partial charge in [-0.3, -0.25) is 4.79 Å². The lowest BCUT2D eigenvalue weighted by molar-refractivity contribution is -0.112. The van der Waals surface area contributed by atoms with Crippen LogP contribution < -0.4 is 9.64 Å². The number of likely N-dealkylation sites (N-methyl/N-ethyl adjacent to an activating group) is 1. The normalized spacial score (nSPS) is 17.0. The molecule has 3 heterocycles. The molecule has 10 heteroatoms. The van der Waals surface area contributed by atoms with Crippen LogP contribution in [0.4, 0.5) is 5.69 Å². The van der Waals surface area contributed by atoms with Gasteiger partial charge >= 0.3 is 0 Å². The summed E-state index contributed by atoms with van der Waals surface area (Å²) in [5.41, 5.74) is 3.68. The number of morpholine rings is 1. The molecule has 0 N–H and O–H groups in total. The fraction of sp³-hybridized carbons (Fsp3) is 0.258. The Labute approximate surface area is 244 Å². The van der Waals surface area contributed by atoms with Crippen LogP contribution in [0.15, 0.2) is 77.8 Å². The molecule has 1 aromatic heterocycles. The molecule has 0 aliphatic carbocycles. The summed E-state index contributed by atoms with van der Waals surface area (Å²) in [6, 6.07) is 20.4. The number of benzene rings is 3. The summed E-state index contributed by atoms with van der Waals surface area (Å²) in [4.78, 5) is 15.1. The van der Waals surface area contributed by atoms with Crippen molar-refractivity contribution in [3.05, 3.63) is 89.1 Å². The van der Waals surface area contributed by atoms with Crippen LogP contribution in [0.5, 0.6) is 5.75 Å². The number of hydrogen-bond acceptors (Lipinski definition) is 5. The van der Waals surface area contributed by atoms with E-state index >= 15 is 0 Å². The van der Waals surface area contributed by atoms with Gasteiger partial charge in [-0.05, 0) is 48.9 Å². The zero-order valence-electron chi connectivity index (χ0n) is 22.6. The fourth-order valence-corrected chi connectivity index (χ4v) is 7.00. The van der Waals surface area contributed by atoms with E-state index in [1.54, 1.807) is 36.2 Å². The van der Waals surface area contributed by atoms with Crippen LogP contribution in [0, 0.1) is 0 Å². The van der Waals surface area contributed by atoms with Gasteiger partial charge in [-0.15, -0.1) is 0 Å². The van der Waals surface area contributed by atoms with E-state index in [0.29, 0.717) is 67.1 Å². The Balaban J connectivity index is 1.30. The van der Waals surface area contributed by atoms with Crippen LogP contribution in [-0.4, -0.2) is 63.2 Å². The number of aryl methyl sites for hydroxylation is 1. The molecule has 0 unspecified atom stereocenters. The van der Waals surface area contributed by atoms with Gasteiger partial charge in [0.25, 0.3) is 5.91 Å². The largest absolute Gasteiger partial charge is 0.492 e. The van der Waals surface area contributed by atoms with E-state index in [1.807, 2.05) is 48.7 Å². The van der Waals surface area contributed by atoms with Crippen molar-refractivity contribution >= 4 is 55.8 Å². The maximum Gasteiger partial charge on any atom is 0.258 e.